The van der Waals surface area contributed by atoms with E-state index >= 15 is 0 Å². The summed E-state index contributed by atoms with van der Waals surface area (Å²) in [5.74, 6) is -1.62. The average molecular weight is 299 g/mol. The van der Waals surface area contributed by atoms with Crippen LogP contribution in [0.3, 0.4) is 0 Å². The van der Waals surface area contributed by atoms with Crippen LogP contribution in [0.4, 0.5) is 8.78 Å². The van der Waals surface area contributed by atoms with Crippen molar-refractivity contribution < 1.29 is 8.78 Å². The molecule has 2 aromatic heterocycles. The highest BCUT2D eigenvalue weighted by Gasteiger charge is 2.28. The number of hydrogen-bond donors (Lipinski definition) is 0. The number of hydrogen-bond acceptors (Lipinski definition) is 2. The van der Waals surface area contributed by atoms with Crippen LogP contribution in [0.1, 0.15) is 31.5 Å². The summed E-state index contributed by atoms with van der Waals surface area (Å²) in [4.78, 5) is 0. The standard InChI is InChI=1S/C17H15F2N3/c1-2-12-5-11(9-20-21-12)16-7-10-6-14(18)15(19)8-17(10)22(16)13-3-4-13/h5-9,13H,2-4H2,1H3. The molecule has 5 heteroatoms. The van der Waals surface area contributed by atoms with Crippen LogP contribution in [-0.2, 0) is 6.42 Å². The maximum absolute atomic E-state index is 13.6. The Labute approximate surface area is 126 Å². The van der Waals surface area contributed by atoms with Crippen LogP contribution in [0.25, 0.3) is 22.2 Å². The van der Waals surface area contributed by atoms with Gasteiger partial charge in [-0.15, -0.1) is 0 Å². The number of benzene rings is 1. The maximum Gasteiger partial charge on any atom is 0.160 e. The fourth-order valence-corrected chi connectivity index (χ4v) is 2.89. The molecule has 0 amide bonds. The second kappa shape index (κ2) is 4.87. The molecule has 1 aliphatic carbocycles. The van der Waals surface area contributed by atoms with Gasteiger partial charge in [-0.2, -0.15) is 10.2 Å². The summed E-state index contributed by atoms with van der Waals surface area (Å²) in [7, 11) is 0. The van der Waals surface area contributed by atoms with E-state index in [1.54, 1.807) is 6.20 Å². The van der Waals surface area contributed by atoms with Gasteiger partial charge in [0.25, 0.3) is 0 Å². The lowest BCUT2D eigenvalue weighted by Crippen LogP contribution is -1.99. The number of aromatic nitrogens is 3. The van der Waals surface area contributed by atoms with E-state index in [4.69, 9.17) is 0 Å². The first kappa shape index (κ1) is 13.4. The molecule has 3 aromatic rings. The van der Waals surface area contributed by atoms with Crippen molar-refractivity contribution in [1.29, 1.82) is 0 Å². The molecule has 1 aliphatic rings. The molecule has 0 unspecified atom stereocenters. The van der Waals surface area contributed by atoms with E-state index in [0.29, 0.717) is 6.04 Å². The Morgan fingerprint density at radius 3 is 2.64 bits per heavy atom. The Morgan fingerprint density at radius 2 is 1.91 bits per heavy atom. The third-order valence-electron chi connectivity index (χ3n) is 4.16. The second-order valence-electron chi connectivity index (χ2n) is 5.75. The summed E-state index contributed by atoms with van der Waals surface area (Å²) in [6.07, 6.45) is 4.64. The molecule has 0 atom stereocenters. The van der Waals surface area contributed by atoms with Gasteiger partial charge >= 0.3 is 0 Å². The van der Waals surface area contributed by atoms with Crippen LogP contribution >= 0.6 is 0 Å². The molecule has 22 heavy (non-hydrogen) atoms. The summed E-state index contributed by atoms with van der Waals surface area (Å²) in [5, 5.41) is 8.84. The van der Waals surface area contributed by atoms with Crippen molar-refractivity contribution in [2.45, 2.75) is 32.2 Å². The molecule has 0 saturated heterocycles. The van der Waals surface area contributed by atoms with Crippen LogP contribution in [0.15, 0.2) is 30.5 Å². The van der Waals surface area contributed by atoms with Crippen LogP contribution < -0.4 is 0 Å². The number of nitrogens with zero attached hydrogens (tertiary/aromatic N) is 3. The Hall–Kier alpha value is -2.30. The van der Waals surface area contributed by atoms with Crippen LogP contribution in [0.2, 0.25) is 0 Å². The molecule has 1 aromatic carbocycles. The quantitative estimate of drug-likeness (QED) is 0.723. The summed E-state index contributed by atoms with van der Waals surface area (Å²) in [5.41, 5.74) is 3.54. The van der Waals surface area contributed by atoms with Crippen LogP contribution in [0, 0.1) is 11.6 Å². The van der Waals surface area contributed by atoms with Gasteiger partial charge in [0.15, 0.2) is 11.6 Å². The van der Waals surface area contributed by atoms with Gasteiger partial charge in [-0.25, -0.2) is 8.78 Å². The van der Waals surface area contributed by atoms with E-state index in [1.165, 1.54) is 12.1 Å². The minimum Gasteiger partial charge on any atom is -0.337 e. The number of rotatable bonds is 3. The average Bonchev–Trinajstić information content (AvgIpc) is 3.30. The largest absolute Gasteiger partial charge is 0.337 e. The molecule has 1 saturated carbocycles. The summed E-state index contributed by atoms with van der Waals surface area (Å²) >= 11 is 0. The molecule has 3 nitrogen and oxygen atoms in total. The molecule has 0 N–H and O–H groups in total. The summed E-state index contributed by atoms with van der Waals surface area (Å²) in [6.45, 7) is 2.02. The maximum atomic E-state index is 13.6. The Balaban J connectivity index is 1.98. The fourth-order valence-electron chi connectivity index (χ4n) is 2.89. The monoisotopic (exact) mass is 299 g/mol. The molecule has 112 valence electrons. The highest BCUT2D eigenvalue weighted by Crippen LogP contribution is 2.42. The Bertz CT molecular complexity index is 866. The zero-order valence-electron chi connectivity index (χ0n) is 12.2. The zero-order valence-corrected chi connectivity index (χ0v) is 12.2. The van der Waals surface area contributed by atoms with Crippen molar-refractivity contribution in [1.82, 2.24) is 14.8 Å². The number of fused-ring (bicyclic) bond motifs is 1. The minimum atomic E-state index is -0.811. The topological polar surface area (TPSA) is 30.7 Å². The smallest absolute Gasteiger partial charge is 0.160 e. The molecule has 0 radical (unpaired) electrons. The normalized spacial score (nSPS) is 14.7. The third-order valence-corrected chi connectivity index (χ3v) is 4.16. The van der Waals surface area contributed by atoms with Gasteiger partial charge in [-0.3, -0.25) is 0 Å². The van der Waals surface area contributed by atoms with Gasteiger partial charge in [0.05, 0.1) is 23.1 Å². The second-order valence-corrected chi connectivity index (χ2v) is 5.75. The molecule has 0 aliphatic heterocycles. The van der Waals surface area contributed by atoms with Gasteiger partial charge in [-0.05, 0) is 37.5 Å². The van der Waals surface area contributed by atoms with Crippen LogP contribution in [0.5, 0.6) is 0 Å². The number of halogens is 2. The van der Waals surface area contributed by atoms with Gasteiger partial charge < -0.3 is 4.57 Å². The molecule has 1 fully saturated rings. The lowest BCUT2D eigenvalue weighted by Gasteiger charge is -2.10. The summed E-state index contributed by atoms with van der Waals surface area (Å²) < 4.78 is 29.3. The lowest BCUT2D eigenvalue weighted by molar-refractivity contribution is 0.510. The van der Waals surface area contributed by atoms with Crippen molar-refractivity contribution in [3.05, 3.63) is 47.8 Å². The SMILES string of the molecule is CCc1cc(-c2cc3cc(F)c(F)cc3n2C2CC2)cnn1. The molecule has 0 spiro atoms. The van der Waals surface area contributed by atoms with E-state index in [0.717, 1.165) is 47.1 Å². The van der Waals surface area contributed by atoms with E-state index in [-0.39, 0.29) is 0 Å². The van der Waals surface area contributed by atoms with E-state index in [2.05, 4.69) is 14.8 Å². The van der Waals surface area contributed by atoms with E-state index in [9.17, 15) is 8.78 Å². The first-order valence-electron chi connectivity index (χ1n) is 7.49. The first-order chi connectivity index (χ1) is 10.7. The van der Waals surface area contributed by atoms with Crippen molar-refractivity contribution in [2.24, 2.45) is 0 Å². The van der Waals surface area contributed by atoms with E-state index < -0.39 is 11.6 Å². The minimum absolute atomic E-state index is 0.357. The van der Waals surface area contributed by atoms with Gasteiger partial charge in [0.1, 0.15) is 0 Å². The van der Waals surface area contributed by atoms with Crippen molar-refractivity contribution in [3.8, 4) is 11.3 Å². The summed E-state index contributed by atoms with van der Waals surface area (Å²) in [6, 6.07) is 6.82. The van der Waals surface area contributed by atoms with E-state index in [1.807, 2.05) is 19.1 Å². The first-order valence-corrected chi connectivity index (χ1v) is 7.49. The lowest BCUT2D eigenvalue weighted by atomic mass is 10.1. The molecule has 4 rings (SSSR count). The highest BCUT2D eigenvalue weighted by atomic mass is 19.2. The fraction of sp³-hybridized carbons (Fsp3) is 0.294. The van der Waals surface area contributed by atoms with Crippen LogP contribution in [-0.4, -0.2) is 14.8 Å². The number of aryl methyl sites for hydroxylation is 1. The molecular formula is C17H15F2N3. The van der Waals surface area contributed by atoms with Crippen molar-refractivity contribution in [3.63, 3.8) is 0 Å². The van der Waals surface area contributed by atoms with Gasteiger partial charge in [0.2, 0.25) is 0 Å². The molecule has 2 heterocycles. The Kier molecular flexibility index (Phi) is 2.96. The van der Waals surface area contributed by atoms with Crippen molar-refractivity contribution in [2.75, 3.05) is 0 Å². The molecular weight excluding hydrogens is 284 g/mol. The predicted molar refractivity (Wildman–Crippen MR) is 80.5 cm³/mol. The molecule has 0 bridgehead atoms. The van der Waals surface area contributed by atoms with Gasteiger partial charge in [-0.1, -0.05) is 6.92 Å². The zero-order chi connectivity index (χ0) is 15.3. The third kappa shape index (κ3) is 2.08. The highest BCUT2D eigenvalue weighted by molar-refractivity contribution is 5.87. The van der Waals surface area contributed by atoms with Gasteiger partial charge in [0, 0.05) is 23.1 Å². The predicted octanol–water partition coefficient (Wildman–Crippen LogP) is 4.27. The van der Waals surface area contributed by atoms with Crippen molar-refractivity contribution >= 4 is 10.9 Å². The Morgan fingerprint density at radius 1 is 1.14 bits per heavy atom.